The lowest BCUT2D eigenvalue weighted by Crippen LogP contribution is -2.16. The van der Waals surface area contributed by atoms with E-state index in [4.69, 9.17) is 16.3 Å². The molecule has 0 saturated carbocycles. The first kappa shape index (κ1) is 24.4. The summed E-state index contributed by atoms with van der Waals surface area (Å²) >= 11 is 5.90. The molecule has 4 aromatic rings. The van der Waals surface area contributed by atoms with E-state index in [0.29, 0.717) is 27.3 Å². The molecule has 0 unspecified atom stereocenters. The van der Waals surface area contributed by atoms with Gasteiger partial charge in [0.15, 0.2) is 11.6 Å². The van der Waals surface area contributed by atoms with E-state index in [1.54, 1.807) is 31.2 Å². The molecule has 4 rings (SSSR count). The third kappa shape index (κ3) is 5.52. The van der Waals surface area contributed by atoms with Crippen molar-refractivity contribution >= 4 is 56.0 Å². The molecule has 0 radical (unpaired) electrons. The summed E-state index contributed by atoms with van der Waals surface area (Å²) in [7, 11) is -3.97. The lowest BCUT2D eigenvalue weighted by Gasteiger charge is -2.15. The minimum atomic E-state index is -3.97. The SMILES string of the molecule is CCOC(=O)c1ccc(Nc2nc3cc(C)c(C)cc3nc2NS(=O)(=O)c2ccc(Cl)cc2)cc1. The predicted octanol–water partition coefficient (Wildman–Crippen LogP) is 5.62. The van der Waals surface area contributed by atoms with Crippen LogP contribution in [0.15, 0.2) is 65.6 Å². The van der Waals surface area contributed by atoms with Gasteiger partial charge in [0.2, 0.25) is 0 Å². The molecule has 3 aromatic carbocycles. The van der Waals surface area contributed by atoms with Crippen molar-refractivity contribution < 1.29 is 17.9 Å². The zero-order valence-electron chi connectivity index (χ0n) is 19.3. The Kier molecular flexibility index (Phi) is 6.90. The highest BCUT2D eigenvalue weighted by atomic mass is 35.5. The van der Waals surface area contributed by atoms with Crippen LogP contribution in [0.1, 0.15) is 28.4 Å². The Morgan fingerprint density at radius 2 is 1.49 bits per heavy atom. The van der Waals surface area contributed by atoms with E-state index in [1.165, 1.54) is 24.3 Å². The molecule has 0 aliphatic heterocycles. The number of fused-ring (bicyclic) bond motifs is 1. The number of carbonyl (C=O) groups is 1. The Labute approximate surface area is 208 Å². The number of esters is 1. The Bertz CT molecular complexity index is 1510. The average molecular weight is 511 g/mol. The summed E-state index contributed by atoms with van der Waals surface area (Å²) in [5, 5.41) is 3.53. The number of hydrogen-bond donors (Lipinski definition) is 2. The van der Waals surface area contributed by atoms with Crippen molar-refractivity contribution in [2.75, 3.05) is 16.6 Å². The summed E-state index contributed by atoms with van der Waals surface area (Å²) in [5.41, 5.74) is 4.18. The fourth-order valence-electron chi connectivity index (χ4n) is 3.31. The Hall–Kier alpha value is -3.69. The lowest BCUT2D eigenvalue weighted by atomic mass is 10.1. The summed E-state index contributed by atoms with van der Waals surface area (Å²) in [4.78, 5) is 21.2. The van der Waals surface area contributed by atoms with Gasteiger partial charge in [-0.15, -0.1) is 0 Å². The van der Waals surface area contributed by atoms with Crippen LogP contribution < -0.4 is 10.0 Å². The molecule has 1 heterocycles. The summed E-state index contributed by atoms with van der Waals surface area (Å²) in [6.07, 6.45) is 0. The number of hydrogen-bond acceptors (Lipinski definition) is 7. The number of halogens is 1. The molecule has 0 fully saturated rings. The molecule has 0 amide bonds. The second-order valence-corrected chi connectivity index (χ2v) is 9.95. The molecule has 0 aliphatic carbocycles. The minimum Gasteiger partial charge on any atom is -0.462 e. The maximum absolute atomic E-state index is 13.1. The van der Waals surface area contributed by atoms with E-state index in [2.05, 4.69) is 20.0 Å². The van der Waals surface area contributed by atoms with Crippen LogP contribution >= 0.6 is 11.6 Å². The zero-order valence-corrected chi connectivity index (χ0v) is 20.9. The fourth-order valence-corrected chi connectivity index (χ4v) is 4.45. The third-order valence-corrected chi connectivity index (χ3v) is 6.90. The maximum atomic E-state index is 13.1. The van der Waals surface area contributed by atoms with E-state index >= 15 is 0 Å². The lowest BCUT2D eigenvalue weighted by molar-refractivity contribution is 0.0526. The van der Waals surface area contributed by atoms with Crippen LogP contribution in [-0.2, 0) is 14.8 Å². The first-order chi connectivity index (χ1) is 16.7. The maximum Gasteiger partial charge on any atom is 0.338 e. The largest absolute Gasteiger partial charge is 0.462 e. The first-order valence-electron chi connectivity index (χ1n) is 10.8. The number of rotatable bonds is 7. The van der Waals surface area contributed by atoms with Crippen LogP contribution in [0.25, 0.3) is 11.0 Å². The van der Waals surface area contributed by atoms with Crippen LogP contribution in [-0.4, -0.2) is 31.0 Å². The van der Waals surface area contributed by atoms with Crippen LogP contribution in [0.2, 0.25) is 5.02 Å². The van der Waals surface area contributed by atoms with E-state index in [0.717, 1.165) is 11.1 Å². The molecule has 0 bridgehead atoms. The number of nitrogens with zero attached hydrogens (tertiary/aromatic N) is 2. The van der Waals surface area contributed by atoms with Gasteiger partial charge in [-0.05, 0) is 92.6 Å². The van der Waals surface area contributed by atoms with Crippen molar-refractivity contribution in [1.82, 2.24) is 9.97 Å². The quantitative estimate of drug-likeness (QED) is 0.310. The van der Waals surface area contributed by atoms with Crippen molar-refractivity contribution in [3.63, 3.8) is 0 Å². The summed E-state index contributed by atoms with van der Waals surface area (Å²) in [5.74, 6) is -0.181. The molecule has 180 valence electrons. The number of anilines is 3. The molecule has 1 aromatic heterocycles. The summed E-state index contributed by atoms with van der Waals surface area (Å²) in [6, 6.07) is 16.1. The number of ether oxygens (including phenoxy) is 1. The van der Waals surface area contributed by atoms with Crippen LogP contribution in [0.3, 0.4) is 0 Å². The van der Waals surface area contributed by atoms with Gasteiger partial charge in [0.25, 0.3) is 10.0 Å². The number of sulfonamides is 1. The molecule has 0 atom stereocenters. The van der Waals surface area contributed by atoms with Gasteiger partial charge in [-0.3, -0.25) is 4.72 Å². The van der Waals surface area contributed by atoms with Gasteiger partial charge in [-0.1, -0.05) is 11.6 Å². The second-order valence-electron chi connectivity index (χ2n) is 7.83. The Morgan fingerprint density at radius 1 is 0.914 bits per heavy atom. The molecule has 8 nitrogen and oxygen atoms in total. The van der Waals surface area contributed by atoms with Crippen LogP contribution in [0.4, 0.5) is 17.3 Å². The van der Waals surface area contributed by atoms with Crippen LogP contribution in [0, 0.1) is 13.8 Å². The second kappa shape index (κ2) is 9.89. The number of benzene rings is 3. The molecule has 0 spiro atoms. The highest BCUT2D eigenvalue weighted by molar-refractivity contribution is 7.92. The van der Waals surface area contributed by atoms with Crippen molar-refractivity contribution in [1.29, 1.82) is 0 Å². The normalized spacial score (nSPS) is 11.3. The van der Waals surface area contributed by atoms with E-state index < -0.39 is 16.0 Å². The standard InChI is InChI=1S/C25H23ClN4O4S/c1-4-34-25(31)17-5-9-19(10-6-17)27-23-24(29-22-14-16(3)15(2)13-21(22)28-23)30-35(32,33)20-11-7-18(26)8-12-20/h5-14H,4H2,1-3H3,(H,27,28)(H,29,30). The van der Waals surface area contributed by atoms with Crippen molar-refractivity contribution in [2.45, 2.75) is 25.7 Å². The predicted molar refractivity (Wildman–Crippen MR) is 137 cm³/mol. The highest BCUT2D eigenvalue weighted by Gasteiger charge is 2.19. The minimum absolute atomic E-state index is 0.0326. The van der Waals surface area contributed by atoms with Gasteiger partial charge >= 0.3 is 5.97 Å². The Morgan fingerprint density at radius 3 is 2.06 bits per heavy atom. The van der Waals surface area contributed by atoms with E-state index in [9.17, 15) is 13.2 Å². The molecular formula is C25H23ClN4O4S. The van der Waals surface area contributed by atoms with Gasteiger partial charge in [0.05, 0.1) is 28.1 Å². The summed E-state index contributed by atoms with van der Waals surface area (Å²) < 4.78 is 33.7. The van der Waals surface area contributed by atoms with Gasteiger partial charge in [0.1, 0.15) is 0 Å². The third-order valence-electron chi connectivity index (χ3n) is 5.29. The average Bonchev–Trinajstić information content (AvgIpc) is 2.81. The molecule has 0 saturated heterocycles. The van der Waals surface area contributed by atoms with Crippen molar-refractivity contribution in [3.05, 3.63) is 82.4 Å². The van der Waals surface area contributed by atoms with Crippen LogP contribution in [0.5, 0.6) is 0 Å². The van der Waals surface area contributed by atoms with Gasteiger partial charge < -0.3 is 10.1 Å². The smallest absolute Gasteiger partial charge is 0.338 e. The molecule has 2 N–H and O–H groups in total. The summed E-state index contributed by atoms with van der Waals surface area (Å²) in [6.45, 7) is 5.93. The van der Waals surface area contributed by atoms with Crippen molar-refractivity contribution in [2.24, 2.45) is 0 Å². The first-order valence-corrected chi connectivity index (χ1v) is 12.6. The number of aromatic nitrogens is 2. The van der Waals surface area contributed by atoms with Gasteiger partial charge in [-0.2, -0.15) is 0 Å². The molecule has 0 aliphatic rings. The number of nitrogens with one attached hydrogen (secondary N) is 2. The fraction of sp³-hybridized carbons (Fsp3) is 0.160. The van der Waals surface area contributed by atoms with Crippen molar-refractivity contribution in [3.8, 4) is 0 Å². The highest BCUT2D eigenvalue weighted by Crippen LogP contribution is 2.29. The number of aryl methyl sites for hydroxylation is 2. The Balaban J connectivity index is 1.74. The van der Waals surface area contributed by atoms with Gasteiger partial charge in [-0.25, -0.2) is 23.2 Å². The number of carbonyl (C=O) groups excluding carboxylic acids is 1. The monoisotopic (exact) mass is 510 g/mol. The molecule has 10 heteroatoms. The molecule has 35 heavy (non-hydrogen) atoms. The molecular weight excluding hydrogens is 488 g/mol. The van der Waals surface area contributed by atoms with Gasteiger partial charge in [0, 0.05) is 10.7 Å². The van der Waals surface area contributed by atoms with E-state index in [-0.39, 0.29) is 23.1 Å². The zero-order chi connectivity index (χ0) is 25.2. The topological polar surface area (TPSA) is 110 Å². The van der Waals surface area contributed by atoms with E-state index in [1.807, 2.05) is 26.0 Å².